The molecule has 0 unspecified atom stereocenters. The molecule has 2 aliphatic carbocycles. The van der Waals surface area contributed by atoms with E-state index in [1.165, 1.54) is 27.5 Å². The summed E-state index contributed by atoms with van der Waals surface area (Å²) in [6.07, 6.45) is 15.1. The summed E-state index contributed by atoms with van der Waals surface area (Å²) < 4.78 is 0. The first-order chi connectivity index (χ1) is 10.3. The van der Waals surface area contributed by atoms with Gasteiger partial charge in [0.2, 0.25) is 0 Å². The molecule has 0 heterocycles. The van der Waals surface area contributed by atoms with Crippen LogP contribution in [0.25, 0.3) is 10.8 Å². The summed E-state index contributed by atoms with van der Waals surface area (Å²) in [4.78, 5) is 0. The minimum Gasteiger partial charge on any atom is -1.00 e. The van der Waals surface area contributed by atoms with Gasteiger partial charge in [-0.2, -0.15) is 23.8 Å². The molecule has 0 fully saturated rings. The fourth-order valence-corrected chi connectivity index (χ4v) is 2.74. The Labute approximate surface area is 177 Å². The summed E-state index contributed by atoms with van der Waals surface area (Å²) in [6.45, 7) is 4.38. The van der Waals surface area contributed by atoms with Crippen molar-refractivity contribution >= 4 is 10.8 Å². The predicted molar refractivity (Wildman–Crippen MR) is 89.9 cm³/mol. The van der Waals surface area contributed by atoms with Gasteiger partial charge in [0.1, 0.15) is 0 Å². The second-order valence-corrected chi connectivity index (χ2v) is 5.77. The average Bonchev–Trinajstić information content (AvgIpc) is 3.19. The second-order valence-electron chi connectivity index (χ2n) is 5.77. The van der Waals surface area contributed by atoms with Crippen LogP contribution in [0.3, 0.4) is 0 Å². The number of hydrogen-bond acceptors (Lipinski definition) is 0. The summed E-state index contributed by atoms with van der Waals surface area (Å²) in [5.41, 5.74) is 4.06. The molecule has 0 saturated heterocycles. The zero-order valence-electron chi connectivity index (χ0n) is 13.9. The molecule has 0 spiro atoms. The number of allylic oxidation sites excluding steroid dienone is 5. The van der Waals surface area contributed by atoms with E-state index in [4.69, 9.17) is 0 Å². The molecule has 0 saturated carbocycles. The molecule has 0 atom stereocenters. The molecule has 0 aliphatic heterocycles. The minimum absolute atomic E-state index is 0. The second kappa shape index (κ2) is 11.1. The van der Waals surface area contributed by atoms with Crippen LogP contribution in [-0.4, -0.2) is 0 Å². The molecule has 2 aromatic rings. The van der Waals surface area contributed by atoms with E-state index < -0.39 is 0 Å². The maximum atomic E-state index is 3.32. The Bertz CT molecular complexity index is 743. The Kier molecular flexibility index (Phi) is 10.8. The van der Waals surface area contributed by atoms with E-state index in [0.29, 0.717) is 5.92 Å². The summed E-state index contributed by atoms with van der Waals surface area (Å²) in [7, 11) is 0. The summed E-state index contributed by atoms with van der Waals surface area (Å²) >= 11 is 0. The third-order valence-electron chi connectivity index (χ3n) is 3.93. The van der Waals surface area contributed by atoms with Crippen molar-refractivity contribution in [2.75, 3.05) is 0 Å². The Morgan fingerprint density at radius 2 is 1.75 bits per heavy atom. The van der Waals surface area contributed by atoms with Crippen LogP contribution in [0, 0.1) is 18.1 Å². The van der Waals surface area contributed by atoms with Gasteiger partial charge in [0.15, 0.2) is 0 Å². The largest absolute Gasteiger partial charge is 4.00 e. The standard InChI is InChI=1S/C13H9.C8H11.2ClH.Zr/c1-2-6-12-10(4-1)8-9-11-5-3-7-13(11)12;1-7(2)8-5-3-4-6-8;;;/h1-4,6,8-9H,5H2;3,5,7H,4H2,1-2H3;2*1H;/q2*-1;;;+4/p-2. The van der Waals surface area contributed by atoms with Crippen LogP contribution in [0.2, 0.25) is 0 Å². The Morgan fingerprint density at radius 1 is 1.00 bits per heavy atom. The van der Waals surface area contributed by atoms with Crippen molar-refractivity contribution in [3.63, 3.8) is 0 Å². The molecule has 4 rings (SSSR count). The van der Waals surface area contributed by atoms with Gasteiger partial charge in [0, 0.05) is 0 Å². The van der Waals surface area contributed by atoms with E-state index in [1.54, 1.807) is 0 Å². The topological polar surface area (TPSA) is 0 Å². The van der Waals surface area contributed by atoms with E-state index in [1.807, 2.05) is 0 Å². The van der Waals surface area contributed by atoms with Crippen molar-refractivity contribution in [1.29, 1.82) is 0 Å². The van der Waals surface area contributed by atoms with Gasteiger partial charge in [0.05, 0.1) is 0 Å². The van der Waals surface area contributed by atoms with E-state index in [-0.39, 0.29) is 51.0 Å². The van der Waals surface area contributed by atoms with Gasteiger partial charge in [-0.25, -0.2) is 11.6 Å². The molecule has 0 bridgehead atoms. The van der Waals surface area contributed by atoms with Gasteiger partial charge in [-0.15, -0.1) is 29.5 Å². The molecule has 0 radical (unpaired) electrons. The maximum Gasteiger partial charge on any atom is 4.00 e. The van der Waals surface area contributed by atoms with Gasteiger partial charge in [-0.05, 0) is 0 Å². The van der Waals surface area contributed by atoms with Crippen molar-refractivity contribution in [2.45, 2.75) is 26.7 Å². The molecule has 24 heavy (non-hydrogen) atoms. The quantitative estimate of drug-likeness (QED) is 0.528. The third kappa shape index (κ3) is 5.45. The summed E-state index contributed by atoms with van der Waals surface area (Å²) in [5, 5.41) is 2.64. The van der Waals surface area contributed by atoms with Crippen LogP contribution >= 0.6 is 0 Å². The molecular formula is C21H20Cl2Zr. The SMILES string of the molecule is CC(C)C1=[C-]CC=C1.[C-]1=CCc2ccc3ccccc3c21.[Cl-].[Cl-].[Zr+4]. The van der Waals surface area contributed by atoms with Crippen molar-refractivity contribution in [2.24, 2.45) is 5.92 Å². The summed E-state index contributed by atoms with van der Waals surface area (Å²) in [6, 6.07) is 12.9. The van der Waals surface area contributed by atoms with Crippen LogP contribution in [0.15, 0.2) is 60.2 Å². The first-order valence-electron chi connectivity index (χ1n) is 7.62. The van der Waals surface area contributed by atoms with Gasteiger partial charge in [0.25, 0.3) is 0 Å². The number of halogens is 2. The van der Waals surface area contributed by atoms with E-state index in [0.717, 1.165) is 12.8 Å². The van der Waals surface area contributed by atoms with Gasteiger partial charge < -0.3 is 24.8 Å². The van der Waals surface area contributed by atoms with Crippen molar-refractivity contribution in [3.05, 3.63) is 83.5 Å². The molecule has 0 nitrogen and oxygen atoms in total. The van der Waals surface area contributed by atoms with E-state index in [9.17, 15) is 0 Å². The van der Waals surface area contributed by atoms with Crippen LogP contribution in [-0.2, 0) is 32.6 Å². The number of fused-ring (bicyclic) bond motifs is 3. The minimum atomic E-state index is 0. The molecule has 2 aromatic carbocycles. The van der Waals surface area contributed by atoms with Gasteiger partial charge in [-0.1, -0.05) is 55.8 Å². The molecule has 0 amide bonds. The van der Waals surface area contributed by atoms with E-state index in [2.05, 4.69) is 80.6 Å². The summed E-state index contributed by atoms with van der Waals surface area (Å²) in [5.74, 6) is 0.661. The zero-order valence-corrected chi connectivity index (χ0v) is 17.9. The Hall–Kier alpha value is -0.617. The first kappa shape index (κ1) is 23.4. The fraction of sp³-hybridized carbons (Fsp3) is 0.238. The normalized spacial score (nSPS) is 13.2. The van der Waals surface area contributed by atoms with Gasteiger partial charge in [-0.3, -0.25) is 6.08 Å². The van der Waals surface area contributed by atoms with Crippen molar-refractivity contribution < 1.29 is 51.0 Å². The monoisotopic (exact) mass is 432 g/mol. The predicted octanol–water partition coefficient (Wildman–Crippen LogP) is -0.559. The van der Waals surface area contributed by atoms with Crippen molar-refractivity contribution in [1.82, 2.24) is 0 Å². The molecule has 0 aromatic heterocycles. The Morgan fingerprint density at radius 3 is 2.38 bits per heavy atom. The molecule has 122 valence electrons. The first-order valence-corrected chi connectivity index (χ1v) is 7.62. The van der Waals surface area contributed by atoms with Crippen LogP contribution < -0.4 is 24.8 Å². The van der Waals surface area contributed by atoms with Crippen LogP contribution in [0.5, 0.6) is 0 Å². The molecular weight excluding hydrogens is 414 g/mol. The van der Waals surface area contributed by atoms with E-state index >= 15 is 0 Å². The maximum absolute atomic E-state index is 3.32. The number of benzene rings is 2. The molecule has 2 aliphatic rings. The van der Waals surface area contributed by atoms with Crippen LogP contribution in [0.4, 0.5) is 0 Å². The zero-order chi connectivity index (χ0) is 14.7. The van der Waals surface area contributed by atoms with Crippen molar-refractivity contribution in [3.8, 4) is 0 Å². The third-order valence-corrected chi connectivity index (χ3v) is 3.93. The van der Waals surface area contributed by atoms with Gasteiger partial charge >= 0.3 is 26.2 Å². The number of hydrogen-bond donors (Lipinski definition) is 0. The fourth-order valence-electron chi connectivity index (χ4n) is 2.74. The Balaban J connectivity index is 0.000000429. The number of rotatable bonds is 1. The average molecular weight is 435 g/mol. The smallest absolute Gasteiger partial charge is 1.00 e. The molecule has 0 N–H and O–H groups in total. The van der Waals surface area contributed by atoms with Crippen LogP contribution in [0.1, 0.15) is 31.4 Å². The molecule has 3 heteroatoms.